The molecule has 1 atom stereocenters. The summed E-state index contributed by atoms with van der Waals surface area (Å²) in [5, 5.41) is 9.59. The van der Waals surface area contributed by atoms with Crippen molar-refractivity contribution in [1.82, 2.24) is 19.9 Å². The Labute approximate surface area is 181 Å². The molecule has 5 rings (SSSR count). The fourth-order valence-electron chi connectivity index (χ4n) is 4.99. The Bertz CT molecular complexity index is 1160. The van der Waals surface area contributed by atoms with E-state index in [1.54, 1.807) is 12.3 Å². The molecule has 1 unspecified atom stereocenters. The number of hydrogen-bond acceptors (Lipinski definition) is 6. The quantitative estimate of drug-likeness (QED) is 0.709. The molecule has 1 aromatic carbocycles. The molecule has 7 heteroatoms. The summed E-state index contributed by atoms with van der Waals surface area (Å²) in [6.45, 7) is 4.04. The summed E-state index contributed by atoms with van der Waals surface area (Å²) in [6, 6.07) is 14.0. The van der Waals surface area contributed by atoms with E-state index >= 15 is 0 Å². The Morgan fingerprint density at radius 2 is 1.90 bits per heavy atom. The predicted molar refractivity (Wildman–Crippen MR) is 120 cm³/mol. The first-order valence-electron chi connectivity index (χ1n) is 11.1. The van der Waals surface area contributed by atoms with Crippen molar-refractivity contribution in [3.63, 3.8) is 0 Å². The van der Waals surface area contributed by atoms with Gasteiger partial charge in [-0.05, 0) is 56.5 Å². The lowest BCUT2D eigenvalue weighted by atomic mass is 9.93. The largest absolute Gasteiger partial charge is 0.370 e. The molecular weight excluding hydrogens is 388 g/mol. The van der Waals surface area contributed by atoms with E-state index < -0.39 is 0 Å². The van der Waals surface area contributed by atoms with E-state index in [1.165, 1.54) is 0 Å². The first kappa shape index (κ1) is 19.7. The lowest BCUT2D eigenvalue weighted by Gasteiger charge is -2.42. The summed E-state index contributed by atoms with van der Waals surface area (Å²) in [7, 11) is 0. The SMILES string of the molecule is N#Cc1ccc(N2CCC(N3CCCC(c4nc5ccccc5c(=O)[nH]4)C3)CC2)cn1. The van der Waals surface area contributed by atoms with Crippen molar-refractivity contribution in [1.29, 1.82) is 5.26 Å². The Balaban J connectivity index is 1.25. The minimum Gasteiger partial charge on any atom is -0.370 e. The highest BCUT2D eigenvalue weighted by Gasteiger charge is 2.30. The molecule has 0 amide bonds. The second-order valence-electron chi connectivity index (χ2n) is 8.53. The number of likely N-dealkylation sites (tertiary alicyclic amines) is 1. The fraction of sp³-hybridized carbons (Fsp3) is 0.417. The Morgan fingerprint density at radius 1 is 1.06 bits per heavy atom. The number of aromatic nitrogens is 3. The van der Waals surface area contributed by atoms with Crippen molar-refractivity contribution >= 4 is 16.6 Å². The molecule has 2 aliphatic heterocycles. The first-order chi connectivity index (χ1) is 15.2. The molecular formula is C24H26N6O. The number of pyridine rings is 1. The highest BCUT2D eigenvalue weighted by molar-refractivity contribution is 5.77. The molecule has 1 N–H and O–H groups in total. The molecule has 158 valence electrons. The maximum atomic E-state index is 12.5. The highest BCUT2D eigenvalue weighted by Crippen LogP contribution is 2.29. The summed E-state index contributed by atoms with van der Waals surface area (Å²) >= 11 is 0. The zero-order valence-electron chi connectivity index (χ0n) is 17.5. The number of rotatable bonds is 3. The number of benzene rings is 1. The van der Waals surface area contributed by atoms with Gasteiger partial charge in [-0.2, -0.15) is 5.26 Å². The van der Waals surface area contributed by atoms with E-state index in [2.05, 4.69) is 25.8 Å². The van der Waals surface area contributed by atoms with Crippen molar-refractivity contribution < 1.29 is 0 Å². The maximum absolute atomic E-state index is 12.5. The molecule has 0 aliphatic carbocycles. The molecule has 31 heavy (non-hydrogen) atoms. The molecule has 2 fully saturated rings. The smallest absolute Gasteiger partial charge is 0.258 e. The normalized spacial score (nSPS) is 20.6. The molecule has 4 heterocycles. The molecule has 0 saturated carbocycles. The topological polar surface area (TPSA) is 88.9 Å². The number of hydrogen-bond donors (Lipinski definition) is 1. The summed E-state index contributed by atoms with van der Waals surface area (Å²) in [5.74, 6) is 1.10. The van der Waals surface area contributed by atoms with Crippen molar-refractivity contribution in [2.24, 2.45) is 0 Å². The van der Waals surface area contributed by atoms with Crippen LogP contribution in [0.25, 0.3) is 10.9 Å². The maximum Gasteiger partial charge on any atom is 0.258 e. The van der Waals surface area contributed by atoms with Crippen LogP contribution in [0, 0.1) is 11.3 Å². The third-order valence-corrected chi connectivity index (χ3v) is 6.68. The number of aromatic amines is 1. The van der Waals surface area contributed by atoms with Crippen molar-refractivity contribution in [2.45, 2.75) is 37.6 Å². The average molecular weight is 415 g/mol. The molecule has 7 nitrogen and oxygen atoms in total. The van der Waals surface area contributed by atoms with Crippen LogP contribution in [0.2, 0.25) is 0 Å². The highest BCUT2D eigenvalue weighted by atomic mass is 16.1. The molecule has 2 aromatic heterocycles. The number of anilines is 1. The van der Waals surface area contributed by atoms with E-state index in [-0.39, 0.29) is 11.5 Å². The molecule has 0 bridgehead atoms. The van der Waals surface area contributed by atoms with Crippen LogP contribution in [0.3, 0.4) is 0 Å². The number of para-hydroxylation sites is 1. The molecule has 2 saturated heterocycles. The van der Waals surface area contributed by atoms with Crippen LogP contribution in [0.4, 0.5) is 5.69 Å². The number of nitrogens with zero attached hydrogens (tertiary/aromatic N) is 5. The zero-order valence-corrected chi connectivity index (χ0v) is 17.5. The van der Waals surface area contributed by atoms with Gasteiger partial charge in [-0.25, -0.2) is 9.97 Å². The van der Waals surface area contributed by atoms with Gasteiger partial charge in [0.15, 0.2) is 0 Å². The van der Waals surface area contributed by atoms with Crippen molar-refractivity contribution in [2.75, 3.05) is 31.1 Å². The molecule has 0 radical (unpaired) electrons. The van der Waals surface area contributed by atoms with Gasteiger partial charge in [0.05, 0.1) is 22.8 Å². The number of fused-ring (bicyclic) bond motifs is 1. The van der Waals surface area contributed by atoms with Gasteiger partial charge in [0.2, 0.25) is 0 Å². The third-order valence-electron chi connectivity index (χ3n) is 6.68. The summed E-state index contributed by atoms with van der Waals surface area (Å²) in [4.78, 5) is 29.5. The van der Waals surface area contributed by atoms with Gasteiger partial charge in [-0.1, -0.05) is 12.1 Å². The van der Waals surface area contributed by atoms with Crippen LogP contribution in [0.1, 0.15) is 43.1 Å². The summed E-state index contributed by atoms with van der Waals surface area (Å²) in [5.41, 5.74) is 2.29. The molecule has 0 spiro atoms. The van der Waals surface area contributed by atoms with E-state index in [4.69, 9.17) is 10.2 Å². The van der Waals surface area contributed by atoms with Gasteiger partial charge in [0.1, 0.15) is 17.6 Å². The molecule has 2 aliphatic rings. The van der Waals surface area contributed by atoms with Crippen LogP contribution in [-0.2, 0) is 0 Å². The summed E-state index contributed by atoms with van der Waals surface area (Å²) < 4.78 is 0. The van der Waals surface area contributed by atoms with Crippen LogP contribution in [0.5, 0.6) is 0 Å². The third kappa shape index (κ3) is 4.04. The Morgan fingerprint density at radius 3 is 2.68 bits per heavy atom. The van der Waals surface area contributed by atoms with Crippen molar-refractivity contribution in [3.05, 3.63) is 64.5 Å². The van der Waals surface area contributed by atoms with Crippen LogP contribution in [0.15, 0.2) is 47.4 Å². The van der Waals surface area contributed by atoms with Gasteiger partial charge in [0.25, 0.3) is 5.56 Å². The summed E-state index contributed by atoms with van der Waals surface area (Å²) in [6.07, 6.45) is 6.20. The first-order valence-corrected chi connectivity index (χ1v) is 11.1. The van der Waals surface area contributed by atoms with E-state index in [0.29, 0.717) is 17.1 Å². The van der Waals surface area contributed by atoms with Crippen LogP contribution in [-0.4, -0.2) is 52.1 Å². The lowest BCUT2D eigenvalue weighted by molar-refractivity contribution is 0.126. The van der Waals surface area contributed by atoms with Crippen LogP contribution >= 0.6 is 0 Å². The molecule has 3 aromatic rings. The van der Waals surface area contributed by atoms with Crippen LogP contribution < -0.4 is 10.5 Å². The fourth-order valence-corrected chi connectivity index (χ4v) is 4.99. The number of nitriles is 1. The van der Waals surface area contributed by atoms with Gasteiger partial charge >= 0.3 is 0 Å². The Hall–Kier alpha value is -3.24. The second-order valence-corrected chi connectivity index (χ2v) is 8.53. The standard InChI is InChI=1S/C24H26N6O/c25-14-18-7-8-20(15-26-18)29-12-9-19(10-13-29)30-11-3-4-17(16-30)23-27-22-6-2-1-5-21(22)24(31)28-23/h1-2,5-8,15,17,19H,3-4,9-13,16H2,(H,27,28,31). The van der Waals surface area contributed by atoms with Gasteiger partial charge in [-0.15, -0.1) is 0 Å². The van der Waals surface area contributed by atoms with Gasteiger partial charge in [0, 0.05) is 31.6 Å². The second kappa shape index (κ2) is 8.48. The minimum atomic E-state index is -0.0398. The minimum absolute atomic E-state index is 0.0398. The number of H-pyrrole nitrogens is 1. The van der Waals surface area contributed by atoms with E-state index in [9.17, 15) is 4.79 Å². The lowest BCUT2D eigenvalue weighted by Crippen LogP contribution is -2.48. The Kier molecular flexibility index (Phi) is 5.39. The van der Waals surface area contributed by atoms with Gasteiger partial charge < -0.3 is 9.88 Å². The van der Waals surface area contributed by atoms with Gasteiger partial charge in [-0.3, -0.25) is 9.69 Å². The van der Waals surface area contributed by atoms with Crippen molar-refractivity contribution in [3.8, 4) is 6.07 Å². The predicted octanol–water partition coefficient (Wildman–Crippen LogP) is 3.04. The average Bonchev–Trinajstić information content (AvgIpc) is 2.84. The van der Waals surface area contributed by atoms with E-state index in [0.717, 1.165) is 68.9 Å². The zero-order chi connectivity index (χ0) is 21.2. The monoisotopic (exact) mass is 414 g/mol. The van der Waals surface area contributed by atoms with E-state index in [1.807, 2.05) is 30.3 Å². The number of nitrogens with one attached hydrogen (secondary N) is 1. The number of piperidine rings is 2.